The Bertz CT molecular complexity index is 880. The Kier molecular flexibility index (Phi) is 4.31. The van der Waals surface area contributed by atoms with Crippen LogP contribution in [0.1, 0.15) is 18.5 Å². The summed E-state index contributed by atoms with van der Waals surface area (Å²) >= 11 is 0. The number of aryl methyl sites for hydroxylation is 1. The Morgan fingerprint density at radius 1 is 1.32 bits per heavy atom. The lowest BCUT2D eigenvalue weighted by molar-refractivity contribution is 0.392. The Hall–Kier alpha value is -2.54. The van der Waals surface area contributed by atoms with Crippen LogP contribution in [0.5, 0.6) is 0 Å². The van der Waals surface area contributed by atoms with Gasteiger partial charge in [0.05, 0.1) is 17.4 Å². The minimum Gasteiger partial charge on any atom is -0.368 e. The summed E-state index contributed by atoms with van der Waals surface area (Å²) in [5.74, 6) is 1.42. The second-order valence-corrected chi connectivity index (χ2v) is 6.64. The van der Waals surface area contributed by atoms with Gasteiger partial charge in [0.1, 0.15) is 5.52 Å². The van der Waals surface area contributed by atoms with E-state index in [1.54, 1.807) is 12.4 Å². The van der Waals surface area contributed by atoms with Gasteiger partial charge in [-0.2, -0.15) is 5.10 Å². The Morgan fingerprint density at radius 2 is 2.20 bits per heavy atom. The van der Waals surface area contributed by atoms with Gasteiger partial charge >= 0.3 is 0 Å². The monoisotopic (exact) mass is 337 g/mol. The third-order valence-corrected chi connectivity index (χ3v) is 4.92. The van der Waals surface area contributed by atoms with Crippen LogP contribution < -0.4 is 10.6 Å². The van der Waals surface area contributed by atoms with E-state index >= 15 is 0 Å². The molecule has 7 nitrogen and oxygen atoms in total. The zero-order chi connectivity index (χ0) is 17.2. The Labute approximate surface area is 146 Å². The van der Waals surface area contributed by atoms with E-state index in [0.29, 0.717) is 5.92 Å². The lowest BCUT2D eigenvalue weighted by Gasteiger charge is -2.23. The van der Waals surface area contributed by atoms with E-state index in [9.17, 15) is 0 Å². The van der Waals surface area contributed by atoms with Gasteiger partial charge in [-0.05, 0) is 44.8 Å². The van der Waals surface area contributed by atoms with Gasteiger partial charge < -0.3 is 10.6 Å². The summed E-state index contributed by atoms with van der Waals surface area (Å²) in [5.41, 5.74) is 4.65. The molecule has 3 aromatic rings. The molecule has 1 fully saturated rings. The van der Waals surface area contributed by atoms with Gasteiger partial charge in [-0.1, -0.05) is 0 Å². The fraction of sp³-hybridized carbons (Fsp3) is 0.444. The molecule has 1 aliphatic rings. The number of rotatable bonds is 4. The zero-order valence-electron chi connectivity index (χ0n) is 14.7. The number of aromatic nitrogens is 5. The average Bonchev–Trinajstić information content (AvgIpc) is 2.99. The van der Waals surface area contributed by atoms with Crippen LogP contribution in [0.25, 0.3) is 22.3 Å². The minimum atomic E-state index is 0.617. The SMILES string of the molecule is Cc1c(-c2cc3nccnc3c(NC[C@H]3CCCNC3)n2)cnn1C. The van der Waals surface area contributed by atoms with Crippen molar-refractivity contribution in [3.8, 4) is 11.3 Å². The van der Waals surface area contributed by atoms with Crippen molar-refractivity contribution in [3.63, 3.8) is 0 Å². The van der Waals surface area contributed by atoms with E-state index in [0.717, 1.165) is 53.4 Å². The van der Waals surface area contributed by atoms with Gasteiger partial charge in [0.2, 0.25) is 0 Å². The summed E-state index contributed by atoms with van der Waals surface area (Å²) in [7, 11) is 1.94. The molecule has 4 rings (SSSR count). The fourth-order valence-corrected chi connectivity index (χ4v) is 3.32. The molecule has 0 amide bonds. The van der Waals surface area contributed by atoms with Gasteiger partial charge in [-0.15, -0.1) is 0 Å². The Balaban J connectivity index is 1.70. The summed E-state index contributed by atoms with van der Waals surface area (Å²) in [5, 5.41) is 11.3. The highest BCUT2D eigenvalue weighted by molar-refractivity contribution is 5.88. The number of nitrogens with zero attached hydrogens (tertiary/aromatic N) is 5. The van der Waals surface area contributed by atoms with Crippen molar-refractivity contribution >= 4 is 16.9 Å². The van der Waals surface area contributed by atoms with Crippen molar-refractivity contribution in [1.82, 2.24) is 30.0 Å². The van der Waals surface area contributed by atoms with Gasteiger partial charge in [-0.3, -0.25) is 9.67 Å². The fourth-order valence-electron chi connectivity index (χ4n) is 3.32. The topological polar surface area (TPSA) is 80.6 Å². The minimum absolute atomic E-state index is 0.617. The zero-order valence-corrected chi connectivity index (χ0v) is 14.7. The lowest BCUT2D eigenvalue weighted by atomic mass is 10.00. The molecule has 25 heavy (non-hydrogen) atoms. The average molecular weight is 337 g/mol. The highest BCUT2D eigenvalue weighted by atomic mass is 15.3. The number of anilines is 1. The summed E-state index contributed by atoms with van der Waals surface area (Å²) in [6, 6.07) is 1.99. The number of pyridine rings is 1. The van der Waals surface area contributed by atoms with E-state index in [4.69, 9.17) is 4.98 Å². The van der Waals surface area contributed by atoms with E-state index in [1.807, 2.05) is 30.9 Å². The molecule has 0 saturated carbocycles. The number of nitrogens with one attached hydrogen (secondary N) is 2. The van der Waals surface area contributed by atoms with Crippen molar-refractivity contribution < 1.29 is 0 Å². The lowest BCUT2D eigenvalue weighted by Crippen LogP contribution is -2.33. The molecular weight excluding hydrogens is 314 g/mol. The molecule has 1 saturated heterocycles. The first kappa shape index (κ1) is 16.0. The molecule has 2 N–H and O–H groups in total. The third kappa shape index (κ3) is 3.19. The van der Waals surface area contributed by atoms with Crippen molar-refractivity contribution in [1.29, 1.82) is 0 Å². The molecule has 0 unspecified atom stereocenters. The number of hydrogen-bond donors (Lipinski definition) is 2. The largest absolute Gasteiger partial charge is 0.368 e. The van der Waals surface area contributed by atoms with Crippen LogP contribution >= 0.6 is 0 Å². The maximum atomic E-state index is 4.84. The van der Waals surface area contributed by atoms with Crippen molar-refractivity contribution in [2.75, 3.05) is 25.0 Å². The molecule has 0 aromatic carbocycles. The second-order valence-electron chi connectivity index (χ2n) is 6.64. The van der Waals surface area contributed by atoms with Crippen LogP contribution in [0, 0.1) is 12.8 Å². The van der Waals surface area contributed by atoms with E-state index in [2.05, 4.69) is 25.7 Å². The van der Waals surface area contributed by atoms with Crippen LogP contribution in [0.4, 0.5) is 5.82 Å². The number of piperidine rings is 1. The number of fused-ring (bicyclic) bond motifs is 1. The van der Waals surface area contributed by atoms with Crippen molar-refractivity contribution in [3.05, 3.63) is 30.4 Å². The van der Waals surface area contributed by atoms with Crippen molar-refractivity contribution in [2.45, 2.75) is 19.8 Å². The molecule has 0 aliphatic carbocycles. The molecule has 0 bridgehead atoms. The van der Waals surface area contributed by atoms with Gasteiger partial charge in [0.25, 0.3) is 0 Å². The summed E-state index contributed by atoms with van der Waals surface area (Å²) in [6.07, 6.45) is 7.76. The Morgan fingerprint density at radius 3 is 2.96 bits per heavy atom. The maximum absolute atomic E-state index is 4.84. The molecule has 0 radical (unpaired) electrons. The van der Waals surface area contributed by atoms with Crippen LogP contribution in [-0.4, -0.2) is 44.4 Å². The van der Waals surface area contributed by atoms with Gasteiger partial charge in [-0.25, -0.2) is 9.97 Å². The maximum Gasteiger partial charge on any atom is 0.154 e. The van der Waals surface area contributed by atoms with Crippen LogP contribution in [0.3, 0.4) is 0 Å². The molecule has 3 aromatic heterocycles. The molecule has 0 spiro atoms. The van der Waals surface area contributed by atoms with Crippen LogP contribution in [0.15, 0.2) is 24.7 Å². The molecule has 1 aliphatic heterocycles. The van der Waals surface area contributed by atoms with Crippen molar-refractivity contribution in [2.24, 2.45) is 13.0 Å². The molecule has 130 valence electrons. The van der Waals surface area contributed by atoms with Gasteiger partial charge in [0.15, 0.2) is 5.82 Å². The van der Waals surface area contributed by atoms with Gasteiger partial charge in [0, 0.05) is 37.2 Å². The number of hydrogen-bond acceptors (Lipinski definition) is 6. The molecular formula is C18H23N7. The standard InChI is InChI=1S/C18H23N7/c1-12-14(11-23-25(12)2)15-8-16-17(21-7-6-20-16)18(24-15)22-10-13-4-3-5-19-9-13/h6-8,11,13,19H,3-5,9-10H2,1-2H3,(H,22,24)/t13-/m0/s1. The van der Waals surface area contributed by atoms with E-state index < -0.39 is 0 Å². The predicted octanol–water partition coefficient (Wildman–Crippen LogP) is 2.15. The molecule has 1 atom stereocenters. The first-order chi connectivity index (χ1) is 12.2. The first-order valence-corrected chi connectivity index (χ1v) is 8.77. The first-order valence-electron chi connectivity index (χ1n) is 8.77. The second kappa shape index (κ2) is 6.76. The summed E-state index contributed by atoms with van der Waals surface area (Å²) < 4.78 is 1.86. The van der Waals surface area contributed by atoms with Crippen LogP contribution in [-0.2, 0) is 7.05 Å². The highest BCUT2D eigenvalue weighted by Gasteiger charge is 2.16. The van der Waals surface area contributed by atoms with E-state index in [1.165, 1.54) is 12.8 Å². The predicted molar refractivity (Wildman–Crippen MR) is 98.4 cm³/mol. The summed E-state index contributed by atoms with van der Waals surface area (Å²) in [6.45, 7) is 5.11. The molecule has 4 heterocycles. The van der Waals surface area contributed by atoms with E-state index in [-0.39, 0.29) is 0 Å². The van der Waals surface area contributed by atoms with Crippen LogP contribution in [0.2, 0.25) is 0 Å². The third-order valence-electron chi connectivity index (χ3n) is 4.92. The smallest absolute Gasteiger partial charge is 0.154 e. The molecule has 7 heteroatoms. The quantitative estimate of drug-likeness (QED) is 0.759. The highest BCUT2D eigenvalue weighted by Crippen LogP contribution is 2.27. The normalized spacial score (nSPS) is 17.8. The summed E-state index contributed by atoms with van der Waals surface area (Å²) in [4.78, 5) is 13.8.